The number of carbonyl (C=O) groups is 1. The van der Waals surface area contributed by atoms with Gasteiger partial charge >= 0.3 is 0 Å². The Labute approximate surface area is 196 Å². The predicted octanol–water partition coefficient (Wildman–Crippen LogP) is 5.73. The van der Waals surface area contributed by atoms with E-state index >= 15 is 0 Å². The maximum Gasteiger partial charge on any atom is 0.255 e. The second-order valence-electron chi connectivity index (χ2n) is 7.56. The largest absolute Gasteiger partial charge is 0.496 e. The summed E-state index contributed by atoms with van der Waals surface area (Å²) in [6.07, 6.45) is 4.02. The molecule has 1 amide bonds. The quantitative estimate of drug-likeness (QED) is 0.384. The summed E-state index contributed by atoms with van der Waals surface area (Å²) in [6.45, 7) is 7.62. The molecule has 0 aliphatic rings. The van der Waals surface area contributed by atoms with Gasteiger partial charge in [-0.15, -0.1) is 0 Å². The lowest BCUT2D eigenvalue weighted by molar-refractivity contribution is 0.0946. The van der Waals surface area contributed by atoms with Gasteiger partial charge in [-0.1, -0.05) is 62.4 Å². The van der Waals surface area contributed by atoms with Crippen LogP contribution in [0.2, 0.25) is 0 Å². The number of amides is 1. The summed E-state index contributed by atoms with van der Waals surface area (Å²) in [4.78, 5) is 14.9. The number of benzene rings is 3. The van der Waals surface area contributed by atoms with Crippen molar-refractivity contribution in [3.05, 3.63) is 89.5 Å². The first-order chi connectivity index (χ1) is 16.1. The van der Waals surface area contributed by atoms with Gasteiger partial charge in [0.15, 0.2) is 0 Å². The highest BCUT2D eigenvalue weighted by molar-refractivity contribution is 5.97. The van der Waals surface area contributed by atoms with Crippen LogP contribution in [-0.2, 0) is 0 Å². The molecule has 0 bridgehead atoms. The number of para-hydroxylation sites is 1. The third-order valence-corrected chi connectivity index (χ3v) is 5.41. The highest BCUT2D eigenvalue weighted by Crippen LogP contribution is 2.24. The molecule has 172 valence electrons. The van der Waals surface area contributed by atoms with E-state index in [1.54, 1.807) is 7.11 Å². The first-order valence-electron chi connectivity index (χ1n) is 11.3. The summed E-state index contributed by atoms with van der Waals surface area (Å²) in [5.41, 5.74) is 2.54. The van der Waals surface area contributed by atoms with Gasteiger partial charge < -0.3 is 19.7 Å². The summed E-state index contributed by atoms with van der Waals surface area (Å²) in [6, 6.07) is 23.2. The van der Waals surface area contributed by atoms with Crippen molar-refractivity contribution in [3.8, 4) is 17.2 Å². The smallest absolute Gasteiger partial charge is 0.255 e. The molecule has 5 heteroatoms. The van der Waals surface area contributed by atoms with Crippen molar-refractivity contribution in [2.24, 2.45) is 0 Å². The third-order valence-electron chi connectivity index (χ3n) is 5.41. The van der Waals surface area contributed by atoms with Crippen LogP contribution in [0, 0.1) is 0 Å². The molecule has 5 nitrogen and oxygen atoms in total. The molecule has 0 spiro atoms. The number of hydrogen-bond donors (Lipinski definition) is 1. The number of methoxy groups -OCH3 is 1. The van der Waals surface area contributed by atoms with Gasteiger partial charge in [-0.3, -0.25) is 4.79 Å². The number of ether oxygens (including phenoxy) is 2. The summed E-state index contributed by atoms with van der Waals surface area (Å²) >= 11 is 0. The Bertz CT molecular complexity index is 1040. The van der Waals surface area contributed by atoms with E-state index in [2.05, 4.69) is 24.1 Å². The molecule has 0 fully saturated rings. The maximum atomic E-state index is 12.6. The minimum absolute atomic E-state index is 0.122. The summed E-state index contributed by atoms with van der Waals surface area (Å²) in [7, 11) is 1.58. The van der Waals surface area contributed by atoms with E-state index < -0.39 is 0 Å². The number of nitrogens with zero attached hydrogens (tertiary/aromatic N) is 1. The maximum absolute atomic E-state index is 12.6. The zero-order valence-corrected chi connectivity index (χ0v) is 19.6. The minimum atomic E-state index is -0.122. The lowest BCUT2D eigenvalue weighted by atomic mass is 10.1. The highest BCUT2D eigenvalue weighted by Gasteiger charge is 2.12. The molecule has 3 rings (SSSR count). The van der Waals surface area contributed by atoms with Gasteiger partial charge in [0.1, 0.15) is 17.2 Å². The van der Waals surface area contributed by atoms with Crippen molar-refractivity contribution in [2.45, 2.75) is 13.8 Å². The topological polar surface area (TPSA) is 50.8 Å². The summed E-state index contributed by atoms with van der Waals surface area (Å²) in [5, 5.41) is 2.98. The molecular weight excluding hydrogens is 412 g/mol. The van der Waals surface area contributed by atoms with E-state index in [1.165, 1.54) is 0 Å². The van der Waals surface area contributed by atoms with Crippen molar-refractivity contribution in [2.75, 3.05) is 33.3 Å². The summed E-state index contributed by atoms with van der Waals surface area (Å²) < 4.78 is 11.3. The van der Waals surface area contributed by atoms with Crippen LogP contribution in [0.4, 0.5) is 0 Å². The zero-order chi connectivity index (χ0) is 23.5. The van der Waals surface area contributed by atoms with Crippen molar-refractivity contribution in [1.82, 2.24) is 10.2 Å². The Hall–Kier alpha value is -3.57. The lowest BCUT2D eigenvalue weighted by Gasteiger charge is -2.18. The molecular formula is C28H32N2O3. The van der Waals surface area contributed by atoms with E-state index in [0.717, 1.165) is 42.3 Å². The number of carbonyl (C=O) groups excluding carboxylic acids is 1. The standard InChI is InChI=1S/C28H32N2O3/c1-4-30(5-2)20-19-29-28(31)26-18-15-23(21-27(26)32-3)12-11-22-13-16-25(17-14-22)33-24-9-7-6-8-10-24/h6-18,21H,4-5,19-20H2,1-3H3,(H,29,31). The van der Waals surface area contributed by atoms with Crippen LogP contribution >= 0.6 is 0 Å². The van der Waals surface area contributed by atoms with Gasteiger partial charge in [-0.2, -0.15) is 0 Å². The Kier molecular flexibility index (Phi) is 9.09. The monoisotopic (exact) mass is 444 g/mol. The molecule has 0 aliphatic heterocycles. The molecule has 0 radical (unpaired) electrons. The average Bonchev–Trinajstić information content (AvgIpc) is 2.86. The van der Waals surface area contributed by atoms with Crippen LogP contribution in [0.3, 0.4) is 0 Å². The van der Waals surface area contributed by atoms with Crippen LogP contribution in [0.1, 0.15) is 35.3 Å². The van der Waals surface area contributed by atoms with Crippen LogP contribution in [0.5, 0.6) is 17.2 Å². The van der Waals surface area contributed by atoms with E-state index in [0.29, 0.717) is 17.9 Å². The molecule has 0 saturated carbocycles. The fraction of sp³-hybridized carbons (Fsp3) is 0.250. The van der Waals surface area contributed by atoms with Crippen molar-refractivity contribution in [1.29, 1.82) is 0 Å². The van der Waals surface area contributed by atoms with E-state index in [4.69, 9.17) is 9.47 Å². The molecule has 0 atom stereocenters. The SMILES string of the molecule is CCN(CC)CCNC(=O)c1ccc(C=Cc2ccc(Oc3ccccc3)cc2)cc1OC. The normalized spacial score (nSPS) is 11.0. The Morgan fingerprint density at radius 2 is 1.52 bits per heavy atom. The minimum Gasteiger partial charge on any atom is -0.496 e. The van der Waals surface area contributed by atoms with Gasteiger partial charge in [-0.05, 0) is 60.6 Å². The second kappa shape index (κ2) is 12.5. The van der Waals surface area contributed by atoms with E-state index in [1.807, 2.05) is 84.9 Å². The molecule has 0 aromatic heterocycles. The second-order valence-corrected chi connectivity index (χ2v) is 7.56. The average molecular weight is 445 g/mol. The van der Waals surface area contributed by atoms with E-state index in [9.17, 15) is 4.79 Å². The van der Waals surface area contributed by atoms with Crippen molar-refractivity contribution in [3.63, 3.8) is 0 Å². The Morgan fingerprint density at radius 1 is 0.879 bits per heavy atom. The molecule has 0 unspecified atom stereocenters. The molecule has 3 aromatic rings. The Balaban J connectivity index is 1.61. The number of nitrogens with one attached hydrogen (secondary N) is 1. The van der Waals surface area contributed by atoms with Crippen LogP contribution < -0.4 is 14.8 Å². The number of rotatable bonds is 11. The fourth-order valence-corrected chi connectivity index (χ4v) is 3.43. The van der Waals surface area contributed by atoms with Crippen LogP contribution in [0.25, 0.3) is 12.2 Å². The van der Waals surface area contributed by atoms with Crippen LogP contribution in [-0.4, -0.2) is 44.1 Å². The number of likely N-dealkylation sites (N-methyl/N-ethyl adjacent to an activating group) is 1. The van der Waals surface area contributed by atoms with Crippen LogP contribution in [0.15, 0.2) is 72.8 Å². The lowest BCUT2D eigenvalue weighted by Crippen LogP contribution is -2.34. The molecule has 3 aromatic carbocycles. The van der Waals surface area contributed by atoms with Gasteiger partial charge in [0.05, 0.1) is 12.7 Å². The van der Waals surface area contributed by atoms with Gasteiger partial charge in [-0.25, -0.2) is 0 Å². The molecule has 1 N–H and O–H groups in total. The molecule has 0 saturated heterocycles. The van der Waals surface area contributed by atoms with Gasteiger partial charge in [0.2, 0.25) is 0 Å². The molecule has 0 aliphatic carbocycles. The first-order valence-corrected chi connectivity index (χ1v) is 11.3. The fourth-order valence-electron chi connectivity index (χ4n) is 3.43. The highest BCUT2D eigenvalue weighted by atomic mass is 16.5. The first kappa shape index (κ1) is 24.1. The molecule has 33 heavy (non-hydrogen) atoms. The van der Waals surface area contributed by atoms with Crippen molar-refractivity contribution < 1.29 is 14.3 Å². The zero-order valence-electron chi connectivity index (χ0n) is 19.6. The number of hydrogen-bond acceptors (Lipinski definition) is 4. The Morgan fingerprint density at radius 3 is 2.18 bits per heavy atom. The van der Waals surface area contributed by atoms with Gasteiger partial charge in [0, 0.05) is 13.1 Å². The van der Waals surface area contributed by atoms with E-state index in [-0.39, 0.29) is 5.91 Å². The third kappa shape index (κ3) is 7.22. The predicted molar refractivity (Wildman–Crippen MR) is 135 cm³/mol. The van der Waals surface area contributed by atoms with Crippen molar-refractivity contribution >= 4 is 18.1 Å². The molecule has 0 heterocycles. The summed E-state index contributed by atoms with van der Waals surface area (Å²) in [5.74, 6) is 2.04. The van der Waals surface area contributed by atoms with Gasteiger partial charge in [0.25, 0.3) is 5.91 Å².